The zero-order valence-corrected chi connectivity index (χ0v) is 14.5. The largest absolute Gasteiger partial charge is 0.444 e. The van der Waals surface area contributed by atoms with E-state index in [1.165, 1.54) is 18.6 Å². The smallest absolute Gasteiger partial charge is 0.410 e. The highest BCUT2D eigenvalue weighted by atomic mass is 16.6. The van der Waals surface area contributed by atoms with E-state index in [0.29, 0.717) is 25.4 Å². The number of Topliss-reactive ketones (excluding diaryl/α,β-unsaturated/α-hetero) is 1. The number of ether oxygens (including phenoxy) is 2. The molecule has 0 aliphatic carbocycles. The maximum Gasteiger partial charge on any atom is 0.410 e. The number of carbonyl (C=O) groups excluding carboxylic acids is 2. The van der Waals surface area contributed by atoms with Crippen LogP contribution in [0.4, 0.5) is 4.79 Å². The number of amides is 1. The van der Waals surface area contributed by atoms with Gasteiger partial charge in [0.05, 0.1) is 12.8 Å². The molecule has 1 atom stereocenters. The van der Waals surface area contributed by atoms with E-state index in [9.17, 15) is 9.59 Å². The number of hydrogen-bond donors (Lipinski definition) is 0. The van der Waals surface area contributed by atoms with Gasteiger partial charge < -0.3 is 14.4 Å². The average molecular weight is 335 g/mol. The summed E-state index contributed by atoms with van der Waals surface area (Å²) < 4.78 is 10.9. The maximum atomic E-state index is 12.1. The maximum absolute atomic E-state index is 12.1. The van der Waals surface area contributed by atoms with Crippen molar-refractivity contribution in [3.8, 4) is 0 Å². The van der Waals surface area contributed by atoms with E-state index >= 15 is 0 Å². The summed E-state index contributed by atoms with van der Waals surface area (Å²) in [5.74, 6) is 0.0174. The van der Waals surface area contributed by atoms with Gasteiger partial charge in [-0.2, -0.15) is 0 Å². The van der Waals surface area contributed by atoms with Crippen molar-refractivity contribution in [1.82, 2.24) is 14.9 Å². The number of ketones is 1. The molecule has 1 fully saturated rings. The molecule has 24 heavy (non-hydrogen) atoms. The Morgan fingerprint density at radius 3 is 2.79 bits per heavy atom. The number of nitrogens with zero attached hydrogens (tertiary/aromatic N) is 3. The van der Waals surface area contributed by atoms with Crippen molar-refractivity contribution in [1.29, 1.82) is 0 Å². The van der Waals surface area contributed by atoms with Crippen LogP contribution in [0.15, 0.2) is 18.6 Å². The first-order valence-corrected chi connectivity index (χ1v) is 8.20. The van der Waals surface area contributed by atoms with Crippen LogP contribution < -0.4 is 0 Å². The summed E-state index contributed by atoms with van der Waals surface area (Å²) in [4.78, 5) is 33.6. The second-order valence-electron chi connectivity index (χ2n) is 6.96. The van der Waals surface area contributed by atoms with Crippen molar-refractivity contribution in [2.75, 3.05) is 26.3 Å². The molecule has 2 heterocycles. The van der Waals surface area contributed by atoms with E-state index < -0.39 is 5.60 Å². The fraction of sp³-hybridized carbons (Fsp3) is 0.647. The van der Waals surface area contributed by atoms with Crippen LogP contribution in [0.2, 0.25) is 0 Å². The highest BCUT2D eigenvalue weighted by molar-refractivity contribution is 5.94. The minimum absolute atomic E-state index is 0.0262. The number of piperidine rings is 1. The van der Waals surface area contributed by atoms with Crippen molar-refractivity contribution in [3.63, 3.8) is 0 Å². The quantitative estimate of drug-likeness (QED) is 0.768. The fourth-order valence-electron chi connectivity index (χ4n) is 2.53. The molecule has 7 heteroatoms. The second-order valence-corrected chi connectivity index (χ2v) is 6.96. The van der Waals surface area contributed by atoms with Gasteiger partial charge in [-0.05, 0) is 33.6 Å². The lowest BCUT2D eigenvalue weighted by Gasteiger charge is -2.34. The molecular formula is C17H25N3O4. The molecule has 132 valence electrons. The Labute approximate surface area is 142 Å². The van der Waals surface area contributed by atoms with Crippen LogP contribution in [0.3, 0.4) is 0 Å². The van der Waals surface area contributed by atoms with Crippen LogP contribution in [0.25, 0.3) is 0 Å². The summed E-state index contributed by atoms with van der Waals surface area (Å²) in [5, 5.41) is 0. The molecule has 0 N–H and O–H groups in total. The lowest BCUT2D eigenvalue weighted by molar-refractivity contribution is 0.00784. The van der Waals surface area contributed by atoms with E-state index in [4.69, 9.17) is 9.47 Å². The van der Waals surface area contributed by atoms with Crippen molar-refractivity contribution in [2.45, 2.75) is 39.2 Å². The predicted molar refractivity (Wildman–Crippen MR) is 87.7 cm³/mol. The molecule has 0 saturated carbocycles. The van der Waals surface area contributed by atoms with Crippen LogP contribution in [0.5, 0.6) is 0 Å². The molecule has 1 aliphatic heterocycles. The Morgan fingerprint density at radius 2 is 2.12 bits per heavy atom. The Balaban J connectivity index is 1.75. The van der Waals surface area contributed by atoms with Crippen LogP contribution in [0, 0.1) is 5.92 Å². The molecule has 7 nitrogen and oxygen atoms in total. The molecule has 0 spiro atoms. The van der Waals surface area contributed by atoms with Crippen molar-refractivity contribution in [3.05, 3.63) is 24.3 Å². The topological polar surface area (TPSA) is 81.6 Å². The van der Waals surface area contributed by atoms with Crippen LogP contribution in [-0.4, -0.2) is 58.6 Å². The zero-order valence-electron chi connectivity index (χ0n) is 14.5. The molecule has 1 saturated heterocycles. The zero-order chi connectivity index (χ0) is 17.6. The first-order chi connectivity index (χ1) is 11.3. The van der Waals surface area contributed by atoms with Crippen molar-refractivity contribution in [2.24, 2.45) is 5.92 Å². The first kappa shape index (κ1) is 18.3. The van der Waals surface area contributed by atoms with Gasteiger partial charge in [-0.3, -0.25) is 9.78 Å². The molecule has 1 aromatic heterocycles. The number of carbonyl (C=O) groups is 2. The predicted octanol–water partition coefficient (Wildman–Crippen LogP) is 2.32. The number of rotatable bonds is 5. The molecule has 0 bridgehead atoms. The van der Waals surface area contributed by atoms with Gasteiger partial charge in [0.2, 0.25) is 5.78 Å². The highest BCUT2D eigenvalue weighted by Gasteiger charge is 2.27. The molecule has 2 rings (SSSR count). The molecule has 1 aromatic rings. The Bertz CT molecular complexity index is 557. The summed E-state index contributed by atoms with van der Waals surface area (Å²) in [6.07, 6.45) is 6.02. The standard InChI is InChI=1S/C17H25N3O4/c1-17(2,3)24-16(22)20-8-4-5-13(10-20)11-23-12-15(21)14-9-18-6-7-19-14/h6-7,9,13H,4-5,8,10-12H2,1-3H3/t13-/m1/s1. The Morgan fingerprint density at radius 1 is 1.33 bits per heavy atom. The third-order valence-electron chi connectivity index (χ3n) is 3.61. The number of aromatic nitrogens is 2. The van der Waals surface area contributed by atoms with Gasteiger partial charge in [-0.25, -0.2) is 9.78 Å². The first-order valence-electron chi connectivity index (χ1n) is 8.20. The van der Waals surface area contributed by atoms with E-state index in [2.05, 4.69) is 9.97 Å². The van der Waals surface area contributed by atoms with E-state index in [0.717, 1.165) is 12.8 Å². The summed E-state index contributed by atoms with van der Waals surface area (Å²) >= 11 is 0. The van der Waals surface area contributed by atoms with Crippen LogP contribution >= 0.6 is 0 Å². The summed E-state index contributed by atoms with van der Waals surface area (Å²) in [6, 6.07) is 0. The summed E-state index contributed by atoms with van der Waals surface area (Å²) in [7, 11) is 0. The SMILES string of the molecule is CC(C)(C)OC(=O)N1CCC[C@@H](COCC(=O)c2cnccn2)C1. The third kappa shape index (κ3) is 5.88. The minimum atomic E-state index is -0.496. The normalized spacial score (nSPS) is 18.3. The molecule has 0 radical (unpaired) electrons. The fourth-order valence-corrected chi connectivity index (χ4v) is 2.53. The molecular weight excluding hydrogens is 310 g/mol. The lowest BCUT2D eigenvalue weighted by Crippen LogP contribution is -2.43. The van der Waals surface area contributed by atoms with E-state index in [1.54, 1.807) is 4.90 Å². The minimum Gasteiger partial charge on any atom is -0.444 e. The Hall–Kier alpha value is -2.02. The van der Waals surface area contributed by atoms with Gasteiger partial charge in [0.25, 0.3) is 0 Å². The van der Waals surface area contributed by atoms with Crippen molar-refractivity contribution < 1.29 is 19.1 Å². The van der Waals surface area contributed by atoms with E-state index in [1.807, 2.05) is 20.8 Å². The molecule has 1 aliphatic rings. The Kier molecular flexibility index (Phi) is 6.25. The second kappa shape index (κ2) is 8.19. The van der Waals surface area contributed by atoms with Crippen molar-refractivity contribution >= 4 is 11.9 Å². The summed E-state index contributed by atoms with van der Waals surface area (Å²) in [5.41, 5.74) is -0.194. The van der Waals surface area contributed by atoms with Gasteiger partial charge in [-0.15, -0.1) is 0 Å². The average Bonchev–Trinajstić information content (AvgIpc) is 2.54. The van der Waals surface area contributed by atoms with Gasteiger partial charge in [-0.1, -0.05) is 0 Å². The third-order valence-corrected chi connectivity index (χ3v) is 3.61. The number of hydrogen-bond acceptors (Lipinski definition) is 6. The van der Waals surface area contributed by atoms with E-state index in [-0.39, 0.29) is 24.4 Å². The molecule has 0 unspecified atom stereocenters. The highest BCUT2D eigenvalue weighted by Crippen LogP contribution is 2.19. The lowest BCUT2D eigenvalue weighted by atomic mass is 9.99. The van der Waals surface area contributed by atoms with Crippen LogP contribution in [0.1, 0.15) is 44.1 Å². The summed E-state index contributed by atoms with van der Waals surface area (Å²) in [6.45, 7) is 7.26. The molecule has 1 amide bonds. The van der Waals surface area contributed by atoms with Gasteiger partial charge in [0.1, 0.15) is 17.9 Å². The number of likely N-dealkylation sites (tertiary alicyclic amines) is 1. The molecule has 0 aromatic carbocycles. The van der Waals surface area contributed by atoms with Gasteiger partial charge >= 0.3 is 6.09 Å². The van der Waals surface area contributed by atoms with Gasteiger partial charge in [0.15, 0.2) is 0 Å². The monoisotopic (exact) mass is 335 g/mol. The van der Waals surface area contributed by atoms with Gasteiger partial charge in [0, 0.05) is 31.4 Å². The van der Waals surface area contributed by atoms with Crippen LogP contribution in [-0.2, 0) is 9.47 Å².